The number of aromatic nitrogens is 7. The molecular formula is C21H17FN8O. The summed E-state index contributed by atoms with van der Waals surface area (Å²) in [5.74, 6) is -0.573. The van der Waals surface area contributed by atoms with Crippen molar-refractivity contribution in [2.75, 3.05) is 11.4 Å². The van der Waals surface area contributed by atoms with Gasteiger partial charge >= 0.3 is 6.01 Å². The number of fused-ring (bicyclic) bond motifs is 2. The minimum Gasteiger partial charge on any atom is -0.403 e. The summed E-state index contributed by atoms with van der Waals surface area (Å²) in [4.78, 5) is 13.4. The second-order valence-corrected chi connectivity index (χ2v) is 7.42. The van der Waals surface area contributed by atoms with Gasteiger partial charge in [-0.1, -0.05) is 11.2 Å². The van der Waals surface area contributed by atoms with Crippen molar-refractivity contribution >= 4 is 11.5 Å². The molecule has 0 spiro atoms. The van der Waals surface area contributed by atoms with Gasteiger partial charge in [0.25, 0.3) is 5.89 Å². The van der Waals surface area contributed by atoms with Gasteiger partial charge < -0.3 is 14.3 Å². The molecule has 5 aromatic heterocycles. The molecule has 0 aromatic carbocycles. The third-order valence-corrected chi connectivity index (χ3v) is 5.55. The lowest BCUT2D eigenvalue weighted by molar-refractivity contribution is 0.499. The van der Waals surface area contributed by atoms with E-state index in [0.717, 1.165) is 34.7 Å². The molecule has 5 aromatic rings. The standard InChI is InChI=1S/C21H17FN8O/c1-12-4-2-5-13-10-16(28-30(12)13)18-17-15(24-11-25-17)7-9-29(18)21-27-26-20(31-21)14-6-3-8-23-19(14)22/h2-6,8,10-11,18H,7,9H2,1H3,(H,24,25)/t18-/m1/s1. The van der Waals surface area contributed by atoms with E-state index >= 15 is 0 Å². The van der Waals surface area contributed by atoms with Gasteiger partial charge in [-0.25, -0.2) is 14.5 Å². The number of hydrogen-bond donors (Lipinski definition) is 1. The van der Waals surface area contributed by atoms with Crippen LogP contribution in [0.15, 0.2) is 53.3 Å². The summed E-state index contributed by atoms with van der Waals surface area (Å²) in [5, 5.41) is 13.1. The van der Waals surface area contributed by atoms with Crippen molar-refractivity contribution in [1.29, 1.82) is 0 Å². The quantitative estimate of drug-likeness (QED) is 0.451. The van der Waals surface area contributed by atoms with Gasteiger partial charge in [0.15, 0.2) is 0 Å². The van der Waals surface area contributed by atoms with Crippen LogP contribution in [-0.2, 0) is 6.42 Å². The van der Waals surface area contributed by atoms with E-state index in [0.29, 0.717) is 6.54 Å². The van der Waals surface area contributed by atoms with Crippen molar-refractivity contribution in [3.05, 3.63) is 77.6 Å². The van der Waals surface area contributed by atoms with Gasteiger partial charge in [0.1, 0.15) is 6.04 Å². The summed E-state index contributed by atoms with van der Waals surface area (Å²) in [6, 6.07) is 11.2. The Labute approximate surface area is 175 Å². The normalized spacial score (nSPS) is 16.1. The van der Waals surface area contributed by atoms with Crippen LogP contribution in [0, 0.1) is 12.9 Å². The van der Waals surface area contributed by atoms with Crippen molar-refractivity contribution in [2.45, 2.75) is 19.4 Å². The van der Waals surface area contributed by atoms with Crippen LogP contribution in [0.1, 0.15) is 28.8 Å². The van der Waals surface area contributed by atoms with Crippen molar-refractivity contribution in [3.8, 4) is 11.5 Å². The highest BCUT2D eigenvalue weighted by Gasteiger charge is 2.36. The van der Waals surface area contributed by atoms with Crippen LogP contribution in [0.4, 0.5) is 10.4 Å². The molecule has 9 nitrogen and oxygen atoms in total. The maximum atomic E-state index is 14.1. The van der Waals surface area contributed by atoms with E-state index < -0.39 is 5.95 Å². The summed E-state index contributed by atoms with van der Waals surface area (Å²) in [6.45, 7) is 2.62. The number of aryl methyl sites for hydroxylation is 1. The Morgan fingerprint density at radius 1 is 1.16 bits per heavy atom. The molecule has 1 aliphatic heterocycles. The van der Waals surface area contributed by atoms with Crippen molar-refractivity contribution in [2.24, 2.45) is 0 Å². The molecule has 1 N–H and O–H groups in total. The van der Waals surface area contributed by atoms with Gasteiger partial charge in [-0.15, -0.1) is 5.10 Å². The topological polar surface area (TPSA) is 101 Å². The Kier molecular flexibility index (Phi) is 3.85. The van der Waals surface area contributed by atoms with Gasteiger partial charge in [0.2, 0.25) is 5.95 Å². The first kappa shape index (κ1) is 17.8. The molecule has 0 saturated heterocycles. The third-order valence-electron chi connectivity index (χ3n) is 5.55. The first-order valence-corrected chi connectivity index (χ1v) is 9.87. The van der Waals surface area contributed by atoms with E-state index in [-0.39, 0.29) is 23.5 Å². The van der Waals surface area contributed by atoms with Gasteiger partial charge in [-0.05, 0) is 37.3 Å². The van der Waals surface area contributed by atoms with Gasteiger partial charge in [0.05, 0.1) is 28.8 Å². The molecule has 0 radical (unpaired) electrons. The molecule has 6 heterocycles. The Balaban J connectivity index is 1.46. The van der Waals surface area contributed by atoms with Crippen LogP contribution >= 0.6 is 0 Å². The maximum Gasteiger partial charge on any atom is 0.319 e. The van der Waals surface area contributed by atoms with Crippen LogP contribution in [0.5, 0.6) is 0 Å². The minimum atomic E-state index is -0.654. The summed E-state index contributed by atoms with van der Waals surface area (Å²) in [6.07, 6.45) is 3.80. The molecule has 0 aliphatic carbocycles. The smallest absolute Gasteiger partial charge is 0.319 e. The SMILES string of the molecule is Cc1cccc2cc([C@@H]3c4nc[nH]c4CCN3c3nnc(-c4cccnc4F)o3)nn12. The van der Waals surface area contributed by atoms with E-state index in [1.54, 1.807) is 18.5 Å². The monoisotopic (exact) mass is 416 g/mol. The molecule has 31 heavy (non-hydrogen) atoms. The first-order chi connectivity index (χ1) is 15.2. The van der Waals surface area contributed by atoms with Crippen LogP contribution in [-0.4, -0.2) is 41.3 Å². The molecule has 0 unspecified atom stereocenters. The van der Waals surface area contributed by atoms with Crippen LogP contribution in [0.2, 0.25) is 0 Å². The number of H-pyrrole nitrogens is 1. The number of halogens is 1. The maximum absolute atomic E-state index is 14.1. The lowest BCUT2D eigenvalue weighted by atomic mass is 10.0. The second-order valence-electron chi connectivity index (χ2n) is 7.42. The van der Waals surface area contributed by atoms with E-state index in [9.17, 15) is 4.39 Å². The van der Waals surface area contributed by atoms with E-state index in [4.69, 9.17) is 9.52 Å². The Morgan fingerprint density at radius 2 is 2.10 bits per heavy atom. The zero-order valence-electron chi connectivity index (χ0n) is 16.5. The number of imidazole rings is 1. The average molecular weight is 416 g/mol. The number of nitrogens with zero attached hydrogens (tertiary/aromatic N) is 7. The number of pyridine rings is 2. The summed E-state index contributed by atoms with van der Waals surface area (Å²) in [7, 11) is 0. The second kappa shape index (κ2) is 6.73. The highest BCUT2D eigenvalue weighted by atomic mass is 19.1. The first-order valence-electron chi connectivity index (χ1n) is 9.87. The summed E-state index contributed by atoms with van der Waals surface area (Å²) < 4.78 is 21.9. The van der Waals surface area contributed by atoms with Crippen molar-refractivity contribution < 1.29 is 8.81 Å². The van der Waals surface area contributed by atoms with Crippen molar-refractivity contribution in [3.63, 3.8) is 0 Å². The average Bonchev–Trinajstić information content (AvgIpc) is 3.52. The number of nitrogens with one attached hydrogen (secondary N) is 1. The Morgan fingerprint density at radius 3 is 2.97 bits per heavy atom. The van der Waals surface area contributed by atoms with Crippen LogP contribution in [0.25, 0.3) is 17.0 Å². The molecule has 10 heteroatoms. The van der Waals surface area contributed by atoms with E-state index in [2.05, 4.69) is 25.1 Å². The fourth-order valence-electron chi connectivity index (χ4n) is 4.07. The van der Waals surface area contributed by atoms with E-state index in [1.165, 1.54) is 6.20 Å². The van der Waals surface area contributed by atoms with Gasteiger partial charge in [-0.2, -0.15) is 9.49 Å². The zero-order chi connectivity index (χ0) is 20.9. The van der Waals surface area contributed by atoms with Gasteiger partial charge in [-0.3, -0.25) is 0 Å². The number of rotatable bonds is 3. The molecule has 1 atom stereocenters. The Hall–Kier alpha value is -4.08. The number of aromatic amines is 1. The van der Waals surface area contributed by atoms with Crippen molar-refractivity contribution in [1.82, 2.24) is 34.8 Å². The third kappa shape index (κ3) is 2.79. The lowest BCUT2D eigenvalue weighted by Crippen LogP contribution is -2.37. The zero-order valence-corrected chi connectivity index (χ0v) is 16.5. The minimum absolute atomic E-state index is 0.0815. The fraction of sp³-hybridized carbons (Fsp3) is 0.190. The molecule has 1 aliphatic rings. The van der Waals surface area contributed by atoms with E-state index in [1.807, 2.05) is 40.6 Å². The van der Waals surface area contributed by atoms with Crippen LogP contribution < -0.4 is 4.90 Å². The summed E-state index contributed by atoms with van der Waals surface area (Å²) in [5.41, 5.74) is 4.91. The fourth-order valence-corrected chi connectivity index (χ4v) is 4.07. The highest BCUT2D eigenvalue weighted by molar-refractivity contribution is 5.55. The predicted molar refractivity (Wildman–Crippen MR) is 109 cm³/mol. The highest BCUT2D eigenvalue weighted by Crippen LogP contribution is 2.37. The molecule has 0 fully saturated rings. The lowest BCUT2D eigenvalue weighted by Gasteiger charge is -2.32. The number of anilines is 1. The predicted octanol–water partition coefficient (Wildman–Crippen LogP) is 3.10. The molecule has 0 bridgehead atoms. The molecule has 6 rings (SSSR count). The molecule has 154 valence electrons. The molecule has 0 saturated carbocycles. The Bertz CT molecular complexity index is 1400. The van der Waals surface area contributed by atoms with Crippen LogP contribution in [0.3, 0.4) is 0 Å². The largest absolute Gasteiger partial charge is 0.403 e. The molecular weight excluding hydrogens is 399 g/mol. The summed E-state index contributed by atoms with van der Waals surface area (Å²) >= 11 is 0. The van der Waals surface area contributed by atoms with Gasteiger partial charge in [0, 0.05) is 30.6 Å². The molecule has 0 amide bonds. The number of hydrogen-bond acceptors (Lipinski definition) is 7.